The Morgan fingerprint density at radius 3 is 2.35 bits per heavy atom. The molecular weight excluding hydrogens is 326 g/mol. The molecule has 2 fully saturated rings. The Bertz CT molecular complexity index is 690. The normalized spacial score (nSPS) is 19.4. The third-order valence-electron chi connectivity index (χ3n) is 5.24. The molecule has 0 spiro atoms. The van der Waals surface area contributed by atoms with Crippen LogP contribution in [0.25, 0.3) is 0 Å². The van der Waals surface area contributed by atoms with Crippen LogP contribution in [0.4, 0.5) is 11.8 Å². The van der Waals surface area contributed by atoms with E-state index < -0.39 is 0 Å². The van der Waals surface area contributed by atoms with Crippen LogP contribution >= 0.6 is 0 Å². The number of likely N-dealkylation sites (tertiary alicyclic amines) is 1. The van der Waals surface area contributed by atoms with Gasteiger partial charge in [-0.3, -0.25) is 9.80 Å². The van der Waals surface area contributed by atoms with E-state index in [4.69, 9.17) is 0 Å². The first kappa shape index (κ1) is 17.2. The molecule has 0 saturated carbocycles. The molecular formula is C19H27N7. The molecule has 26 heavy (non-hydrogen) atoms. The highest BCUT2D eigenvalue weighted by Crippen LogP contribution is 2.21. The molecule has 7 heteroatoms. The Morgan fingerprint density at radius 2 is 1.73 bits per heavy atom. The van der Waals surface area contributed by atoms with Gasteiger partial charge in [0.15, 0.2) is 0 Å². The standard InChI is InChI=1S/C19H27N7/c1-23(2)19-21-11-16(12-22-19)13-24-14-17(15-24)25-7-9-26(10-8-25)18-5-3-4-6-20-18/h3-6,11-12,17H,7-10,13-15H2,1-2H3. The summed E-state index contributed by atoms with van der Waals surface area (Å²) >= 11 is 0. The minimum absolute atomic E-state index is 0.683. The number of aromatic nitrogens is 3. The van der Waals surface area contributed by atoms with E-state index >= 15 is 0 Å². The van der Waals surface area contributed by atoms with Crippen molar-refractivity contribution in [1.29, 1.82) is 0 Å². The Morgan fingerprint density at radius 1 is 1.00 bits per heavy atom. The quantitative estimate of drug-likeness (QED) is 0.793. The van der Waals surface area contributed by atoms with Crippen LogP contribution in [-0.4, -0.2) is 84.2 Å². The van der Waals surface area contributed by atoms with Gasteiger partial charge in [-0.05, 0) is 12.1 Å². The van der Waals surface area contributed by atoms with E-state index in [1.54, 1.807) is 0 Å². The van der Waals surface area contributed by atoms with E-state index in [1.165, 1.54) is 5.56 Å². The molecule has 0 aliphatic carbocycles. The molecule has 0 aromatic carbocycles. The number of piperazine rings is 1. The van der Waals surface area contributed by atoms with Gasteiger partial charge in [0.2, 0.25) is 5.95 Å². The lowest BCUT2D eigenvalue weighted by Gasteiger charge is -2.48. The number of pyridine rings is 1. The van der Waals surface area contributed by atoms with E-state index in [0.717, 1.165) is 57.6 Å². The number of anilines is 2. The van der Waals surface area contributed by atoms with E-state index in [-0.39, 0.29) is 0 Å². The van der Waals surface area contributed by atoms with Crippen LogP contribution in [-0.2, 0) is 6.54 Å². The summed E-state index contributed by atoms with van der Waals surface area (Å²) in [4.78, 5) is 22.7. The Kier molecular flexibility index (Phi) is 4.99. The van der Waals surface area contributed by atoms with E-state index in [1.807, 2.05) is 43.7 Å². The molecule has 0 radical (unpaired) electrons. The molecule has 4 heterocycles. The van der Waals surface area contributed by atoms with Crippen molar-refractivity contribution in [1.82, 2.24) is 24.8 Å². The van der Waals surface area contributed by atoms with Crippen molar-refractivity contribution in [2.45, 2.75) is 12.6 Å². The average molecular weight is 353 g/mol. The van der Waals surface area contributed by atoms with Crippen LogP contribution < -0.4 is 9.80 Å². The van der Waals surface area contributed by atoms with E-state index in [2.05, 4.69) is 41.8 Å². The second-order valence-electron chi connectivity index (χ2n) is 7.34. The fourth-order valence-electron chi connectivity index (χ4n) is 3.68. The Hall–Kier alpha value is -2.25. The zero-order valence-corrected chi connectivity index (χ0v) is 15.6. The number of hydrogen-bond acceptors (Lipinski definition) is 7. The summed E-state index contributed by atoms with van der Waals surface area (Å²) in [6.07, 6.45) is 5.77. The van der Waals surface area contributed by atoms with Crippen molar-refractivity contribution in [3.63, 3.8) is 0 Å². The first-order valence-electron chi connectivity index (χ1n) is 9.29. The summed E-state index contributed by atoms with van der Waals surface area (Å²) < 4.78 is 0. The highest BCUT2D eigenvalue weighted by Gasteiger charge is 2.33. The molecule has 0 bridgehead atoms. The fraction of sp³-hybridized carbons (Fsp3) is 0.526. The van der Waals surface area contributed by atoms with Crippen molar-refractivity contribution >= 4 is 11.8 Å². The van der Waals surface area contributed by atoms with Crippen molar-refractivity contribution in [2.75, 3.05) is 63.2 Å². The molecule has 0 unspecified atom stereocenters. The van der Waals surface area contributed by atoms with Gasteiger partial charge >= 0.3 is 0 Å². The van der Waals surface area contributed by atoms with Crippen molar-refractivity contribution in [2.24, 2.45) is 0 Å². The van der Waals surface area contributed by atoms with E-state index in [0.29, 0.717) is 6.04 Å². The molecule has 2 saturated heterocycles. The van der Waals surface area contributed by atoms with Gasteiger partial charge in [-0.15, -0.1) is 0 Å². The monoisotopic (exact) mass is 353 g/mol. The minimum Gasteiger partial charge on any atom is -0.354 e. The van der Waals surface area contributed by atoms with Crippen molar-refractivity contribution < 1.29 is 0 Å². The maximum atomic E-state index is 4.47. The number of hydrogen-bond donors (Lipinski definition) is 0. The van der Waals surface area contributed by atoms with Crippen LogP contribution in [0.1, 0.15) is 5.56 Å². The van der Waals surface area contributed by atoms with Crippen LogP contribution in [0.5, 0.6) is 0 Å². The Balaban J connectivity index is 1.22. The van der Waals surface area contributed by atoms with Crippen molar-refractivity contribution in [3.8, 4) is 0 Å². The zero-order valence-electron chi connectivity index (χ0n) is 15.6. The summed E-state index contributed by atoms with van der Waals surface area (Å²) in [7, 11) is 3.92. The lowest BCUT2D eigenvalue weighted by molar-refractivity contribution is 0.0254. The summed E-state index contributed by atoms with van der Waals surface area (Å²) in [5, 5.41) is 0. The van der Waals surface area contributed by atoms with E-state index in [9.17, 15) is 0 Å². The first-order valence-corrected chi connectivity index (χ1v) is 9.29. The second kappa shape index (κ2) is 7.55. The molecule has 138 valence electrons. The predicted octanol–water partition coefficient (Wildman–Crippen LogP) is 0.944. The van der Waals surface area contributed by atoms with Crippen molar-refractivity contribution in [3.05, 3.63) is 42.4 Å². The molecule has 2 aliphatic heterocycles. The molecule has 2 aliphatic rings. The lowest BCUT2D eigenvalue weighted by atomic mass is 10.1. The number of rotatable bonds is 5. The molecule has 7 nitrogen and oxygen atoms in total. The van der Waals surface area contributed by atoms with Gasteiger partial charge in [0.05, 0.1) is 0 Å². The second-order valence-corrected chi connectivity index (χ2v) is 7.34. The first-order chi connectivity index (χ1) is 12.7. The maximum absolute atomic E-state index is 4.47. The van der Waals surface area contributed by atoms with Crippen LogP contribution in [0.2, 0.25) is 0 Å². The third kappa shape index (κ3) is 3.78. The summed E-state index contributed by atoms with van der Waals surface area (Å²) in [5.41, 5.74) is 1.19. The number of nitrogens with zero attached hydrogens (tertiary/aromatic N) is 7. The van der Waals surface area contributed by atoms with Gasteiger partial charge in [-0.2, -0.15) is 0 Å². The van der Waals surface area contributed by atoms with Gasteiger partial charge in [0, 0.05) is 90.1 Å². The Labute approximate surface area is 155 Å². The molecule has 2 aromatic heterocycles. The molecule has 2 aromatic rings. The molecule has 0 atom stereocenters. The van der Waals surface area contributed by atoms with Gasteiger partial charge in [0.1, 0.15) is 5.82 Å². The summed E-state index contributed by atoms with van der Waals surface area (Å²) in [5.74, 6) is 1.87. The molecule has 0 N–H and O–H groups in total. The van der Waals surface area contributed by atoms with Crippen LogP contribution in [0.3, 0.4) is 0 Å². The smallest absolute Gasteiger partial charge is 0.224 e. The van der Waals surface area contributed by atoms with Gasteiger partial charge in [-0.25, -0.2) is 15.0 Å². The van der Waals surface area contributed by atoms with Crippen LogP contribution in [0.15, 0.2) is 36.8 Å². The van der Waals surface area contributed by atoms with Gasteiger partial charge in [-0.1, -0.05) is 6.07 Å². The maximum Gasteiger partial charge on any atom is 0.224 e. The average Bonchev–Trinajstić information content (AvgIpc) is 2.66. The fourth-order valence-corrected chi connectivity index (χ4v) is 3.68. The zero-order chi connectivity index (χ0) is 17.9. The van der Waals surface area contributed by atoms with Crippen LogP contribution in [0, 0.1) is 0 Å². The highest BCUT2D eigenvalue weighted by molar-refractivity contribution is 5.38. The SMILES string of the molecule is CN(C)c1ncc(CN2CC(N3CCN(c4ccccn4)CC3)C2)cn1. The van der Waals surface area contributed by atoms with Gasteiger partial charge < -0.3 is 9.80 Å². The predicted molar refractivity (Wildman–Crippen MR) is 103 cm³/mol. The lowest BCUT2D eigenvalue weighted by Crippen LogP contribution is -2.62. The highest BCUT2D eigenvalue weighted by atomic mass is 15.4. The third-order valence-corrected chi connectivity index (χ3v) is 5.24. The largest absolute Gasteiger partial charge is 0.354 e. The topological polar surface area (TPSA) is 51.6 Å². The summed E-state index contributed by atoms with van der Waals surface area (Å²) in [6.45, 7) is 7.59. The molecule has 0 amide bonds. The molecule has 4 rings (SSSR count). The summed E-state index contributed by atoms with van der Waals surface area (Å²) in [6, 6.07) is 6.82. The minimum atomic E-state index is 0.683. The van der Waals surface area contributed by atoms with Gasteiger partial charge in [0.25, 0.3) is 0 Å².